The number of ether oxygens (including phenoxy) is 2. The van der Waals surface area contributed by atoms with Gasteiger partial charge in [-0.15, -0.1) is 12.4 Å². The first-order valence-corrected chi connectivity index (χ1v) is 9.50. The normalized spacial score (nSPS) is 15.0. The summed E-state index contributed by atoms with van der Waals surface area (Å²) in [5.74, 6) is 0.656. The van der Waals surface area contributed by atoms with E-state index in [2.05, 4.69) is 5.32 Å². The standard InChI is InChI=1S/C16H24N2O5S.ClH/c1-22-14-6-5-12(9-15(14)23-2)24(20,21)8-7-16(19)18-13(10-17)11-3-4-11;/h5-6,9,11,13H,3-4,7-8,10,17H2,1-2H3,(H,18,19);1H. The van der Waals surface area contributed by atoms with Crippen molar-refractivity contribution in [3.63, 3.8) is 0 Å². The third-order valence-electron chi connectivity index (χ3n) is 4.10. The van der Waals surface area contributed by atoms with Crippen molar-refractivity contribution in [1.29, 1.82) is 0 Å². The Morgan fingerprint density at radius 3 is 2.44 bits per heavy atom. The van der Waals surface area contributed by atoms with Gasteiger partial charge in [0.2, 0.25) is 5.91 Å². The van der Waals surface area contributed by atoms with Gasteiger partial charge in [0.1, 0.15) is 0 Å². The number of sulfone groups is 1. The Morgan fingerprint density at radius 1 is 1.28 bits per heavy atom. The average Bonchev–Trinajstić information content (AvgIpc) is 3.42. The van der Waals surface area contributed by atoms with Gasteiger partial charge in [0.15, 0.2) is 21.3 Å². The molecule has 1 aromatic rings. The summed E-state index contributed by atoms with van der Waals surface area (Å²) < 4.78 is 35.0. The molecule has 0 aromatic heterocycles. The van der Waals surface area contributed by atoms with Crippen LogP contribution in [0.4, 0.5) is 0 Å². The zero-order valence-corrected chi connectivity index (χ0v) is 16.0. The second-order valence-corrected chi connectivity index (χ2v) is 7.94. The SMILES string of the molecule is COc1ccc(S(=O)(=O)CCC(=O)NC(CN)C2CC2)cc1OC.Cl. The van der Waals surface area contributed by atoms with Crippen molar-refractivity contribution < 1.29 is 22.7 Å². The molecule has 7 nitrogen and oxygen atoms in total. The van der Waals surface area contributed by atoms with Gasteiger partial charge in [0.25, 0.3) is 0 Å². The van der Waals surface area contributed by atoms with Crippen molar-refractivity contribution in [3.8, 4) is 11.5 Å². The molecule has 1 aliphatic carbocycles. The van der Waals surface area contributed by atoms with E-state index >= 15 is 0 Å². The van der Waals surface area contributed by atoms with E-state index in [1.807, 2.05) is 0 Å². The molecule has 0 aliphatic heterocycles. The quantitative estimate of drug-likeness (QED) is 0.652. The average molecular weight is 393 g/mol. The Kier molecular flexibility index (Phi) is 7.98. The number of methoxy groups -OCH3 is 2. The number of rotatable bonds is 9. The van der Waals surface area contributed by atoms with Crippen molar-refractivity contribution in [2.45, 2.75) is 30.2 Å². The molecule has 0 bridgehead atoms. The fourth-order valence-electron chi connectivity index (χ4n) is 2.50. The molecule has 25 heavy (non-hydrogen) atoms. The third kappa shape index (κ3) is 5.76. The van der Waals surface area contributed by atoms with Gasteiger partial charge in [-0.05, 0) is 30.9 Å². The minimum absolute atomic E-state index is 0. The number of benzene rings is 1. The molecule has 1 fully saturated rings. The number of nitrogens with two attached hydrogens (primary N) is 1. The van der Waals surface area contributed by atoms with Crippen LogP contribution in [0.1, 0.15) is 19.3 Å². The maximum Gasteiger partial charge on any atom is 0.221 e. The Labute approximate surface area is 154 Å². The minimum Gasteiger partial charge on any atom is -0.493 e. The Balaban J connectivity index is 0.00000312. The highest BCUT2D eigenvalue weighted by Gasteiger charge is 2.31. The van der Waals surface area contributed by atoms with E-state index in [4.69, 9.17) is 15.2 Å². The van der Waals surface area contributed by atoms with Crippen LogP contribution in [-0.4, -0.2) is 46.9 Å². The second-order valence-electron chi connectivity index (χ2n) is 5.83. The summed E-state index contributed by atoms with van der Waals surface area (Å²) in [6.45, 7) is 0.374. The summed E-state index contributed by atoms with van der Waals surface area (Å²) in [5.41, 5.74) is 5.64. The molecule has 1 aliphatic rings. The van der Waals surface area contributed by atoms with Gasteiger partial charge in [0, 0.05) is 25.1 Å². The lowest BCUT2D eigenvalue weighted by atomic mass is 10.2. The molecule has 1 unspecified atom stereocenters. The van der Waals surface area contributed by atoms with Crippen LogP contribution < -0.4 is 20.5 Å². The summed E-state index contributed by atoms with van der Waals surface area (Å²) in [4.78, 5) is 12.1. The topological polar surface area (TPSA) is 108 Å². The first kappa shape index (κ1) is 21.5. The number of nitrogens with one attached hydrogen (secondary N) is 1. The highest BCUT2D eigenvalue weighted by molar-refractivity contribution is 7.91. The lowest BCUT2D eigenvalue weighted by molar-refractivity contribution is -0.121. The predicted molar refractivity (Wildman–Crippen MR) is 97.2 cm³/mol. The van der Waals surface area contributed by atoms with Crippen molar-refractivity contribution in [2.24, 2.45) is 11.7 Å². The van der Waals surface area contributed by atoms with Gasteiger partial charge >= 0.3 is 0 Å². The summed E-state index contributed by atoms with van der Waals surface area (Å²) in [6.07, 6.45) is 2.03. The first-order valence-electron chi connectivity index (χ1n) is 7.85. The maximum atomic E-state index is 12.4. The van der Waals surface area contributed by atoms with Gasteiger partial charge in [0.05, 0.1) is 24.9 Å². The molecule has 1 saturated carbocycles. The van der Waals surface area contributed by atoms with E-state index in [-0.39, 0.29) is 41.4 Å². The maximum absolute atomic E-state index is 12.4. The van der Waals surface area contributed by atoms with Crippen LogP contribution in [-0.2, 0) is 14.6 Å². The van der Waals surface area contributed by atoms with E-state index in [1.165, 1.54) is 32.4 Å². The fourth-order valence-corrected chi connectivity index (χ4v) is 3.75. The van der Waals surface area contributed by atoms with Crippen LogP contribution in [0.3, 0.4) is 0 Å². The molecule has 9 heteroatoms. The summed E-state index contributed by atoms with van der Waals surface area (Å²) in [7, 11) is -0.674. The Morgan fingerprint density at radius 2 is 1.92 bits per heavy atom. The largest absolute Gasteiger partial charge is 0.493 e. The summed E-state index contributed by atoms with van der Waals surface area (Å²) in [5, 5.41) is 2.82. The van der Waals surface area contributed by atoms with E-state index in [0.717, 1.165) is 12.8 Å². The molecule has 0 saturated heterocycles. The van der Waals surface area contributed by atoms with Crippen LogP contribution in [0.5, 0.6) is 11.5 Å². The van der Waals surface area contributed by atoms with E-state index in [1.54, 1.807) is 0 Å². The molecule has 3 N–H and O–H groups in total. The van der Waals surface area contributed by atoms with Gasteiger partial charge in [-0.25, -0.2) is 8.42 Å². The predicted octanol–water partition coefficient (Wildman–Crippen LogP) is 1.14. The number of halogens is 1. The Hall–Kier alpha value is -1.51. The fraction of sp³-hybridized carbons (Fsp3) is 0.562. The van der Waals surface area contributed by atoms with Crippen molar-refractivity contribution >= 4 is 28.2 Å². The number of hydrogen-bond donors (Lipinski definition) is 2. The lowest BCUT2D eigenvalue weighted by Gasteiger charge is -2.16. The smallest absolute Gasteiger partial charge is 0.221 e. The number of carbonyl (C=O) groups is 1. The Bertz CT molecular complexity index is 692. The van der Waals surface area contributed by atoms with Crippen LogP contribution in [0.15, 0.2) is 23.1 Å². The van der Waals surface area contributed by atoms with Crippen LogP contribution in [0.25, 0.3) is 0 Å². The van der Waals surface area contributed by atoms with Crippen molar-refractivity contribution in [3.05, 3.63) is 18.2 Å². The molecule has 1 amide bonds. The highest BCUT2D eigenvalue weighted by Crippen LogP contribution is 2.32. The molecule has 2 rings (SSSR count). The number of hydrogen-bond acceptors (Lipinski definition) is 6. The zero-order valence-electron chi connectivity index (χ0n) is 14.4. The van der Waals surface area contributed by atoms with Crippen molar-refractivity contribution in [2.75, 3.05) is 26.5 Å². The highest BCUT2D eigenvalue weighted by atomic mass is 35.5. The second kappa shape index (κ2) is 9.26. The molecule has 0 spiro atoms. The molecule has 0 heterocycles. The van der Waals surface area contributed by atoms with Gasteiger partial charge in [-0.3, -0.25) is 4.79 Å². The van der Waals surface area contributed by atoms with Crippen LogP contribution >= 0.6 is 12.4 Å². The molecular formula is C16H25ClN2O5S. The lowest BCUT2D eigenvalue weighted by Crippen LogP contribution is -2.42. The first-order chi connectivity index (χ1) is 11.4. The van der Waals surface area contributed by atoms with Crippen molar-refractivity contribution in [1.82, 2.24) is 5.32 Å². The van der Waals surface area contributed by atoms with E-state index in [0.29, 0.717) is 24.0 Å². The monoisotopic (exact) mass is 392 g/mol. The van der Waals surface area contributed by atoms with E-state index in [9.17, 15) is 13.2 Å². The molecular weight excluding hydrogens is 368 g/mol. The van der Waals surface area contributed by atoms with Gasteiger partial charge in [-0.2, -0.15) is 0 Å². The third-order valence-corrected chi connectivity index (χ3v) is 5.82. The van der Waals surface area contributed by atoms with Gasteiger partial charge in [-0.1, -0.05) is 0 Å². The summed E-state index contributed by atoms with van der Waals surface area (Å²) >= 11 is 0. The van der Waals surface area contributed by atoms with Crippen LogP contribution in [0, 0.1) is 5.92 Å². The zero-order chi connectivity index (χ0) is 17.7. The molecule has 1 aromatic carbocycles. The minimum atomic E-state index is -3.59. The van der Waals surface area contributed by atoms with Gasteiger partial charge < -0.3 is 20.5 Å². The van der Waals surface area contributed by atoms with Crippen LogP contribution in [0.2, 0.25) is 0 Å². The van der Waals surface area contributed by atoms with E-state index < -0.39 is 9.84 Å². The molecule has 1 atom stereocenters. The molecule has 142 valence electrons. The molecule has 0 radical (unpaired) electrons. The number of amides is 1. The number of carbonyl (C=O) groups excluding carboxylic acids is 1. The summed E-state index contributed by atoms with van der Waals surface area (Å²) in [6, 6.07) is 4.32.